The Morgan fingerprint density at radius 2 is 1.16 bits per heavy atom. The Balaban J connectivity index is 0.000000227. The van der Waals surface area contributed by atoms with E-state index >= 15 is 0 Å². The van der Waals surface area contributed by atoms with E-state index in [2.05, 4.69) is 212 Å². The van der Waals surface area contributed by atoms with Gasteiger partial charge in [-0.15, -0.1) is 0 Å². The zero-order valence-electron chi connectivity index (χ0n) is 39.8. The SMILES string of the molecule is C/C=C\c1c(C)oc(C)c1/C(C)=C\CC.C=Cc1c(-c2ccccc2)cc2c(c1C=C)-c1ccc(C)cc1C2(c1ccccc1)c1ccccc1.CC.Cc1ccc(C(C)C)cc1. The molecule has 1 nitrogen and oxygen atoms in total. The normalized spacial score (nSPS) is 12.2. The zero-order valence-corrected chi connectivity index (χ0v) is 39.8. The molecule has 0 fully saturated rings. The van der Waals surface area contributed by atoms with E-state index in [0.29, 0.717) is 5.92 Å². The predicted octanol–water partition coefficient (Wildman–Crippen LogP) is 18.2. The van der Waals surface area contributed by atoms with Crippen LogP contribution in [0.1, 0.15) is 134 Å². The second-order valence-corrected chi connectivity index (χ2v) is 16.3. The Kier molecular flexibility index (Phi) is 16.7. The minimum atomic E-state index is -0.444. The minimum absolute atomic E-state index is 0.444. The molecule has 63 heavy (non-hydrogen) atoms. The van der Waals surface area contributed by atoms with Crippen LogP contribution in [0.2, 0.25) is 0 Å². The molecule has 8 rings (SSSR count). The van der Waals surface area contributed by atoms with Gasteiger partial charge in [-0.2, -0.15) is 0 Å². The first-order valence-electron chi connectivity index (χ1n) is 22.7. The first-order valence-corrected chi connectivity index (χ1v) is 22.7. The van der Waals surface area contributed by atoms with Gasteiger partial charge < -0.3 is 4.42 Å². The summed E-state index contributed by atoms with van der Waals surface area (Å²) in [4.78, 5) is 0. The molecular weight excluding hydrogens is 761 g/mol. The van der Waals surface area contributed by atoms with E-state index in [9.17, 15) is 0 Å². The van der Waals surface area contributed by atoms with Gasteiger partial charge in [-0.05, 0) is 127 Å². The Morgan fingerprint density at radius 1 is 0.619 bits per heavy atom. The van der Waals surface area contributed by atoms with Crippen LogP contribution >= 0.6 is 0 Å². The molecule has 7 aromatic rings. The fourth-order valence-corrected chi connectivity index (χ4v) is 9.01. The molecule has 1 heteroatoms. The minimum Gasteiger partial charge on any atom is -0.465 e. The van der Waals surface area contributed by atoms with Crippen LogP contribution in [0.5, 0.6) is 0 Å². The smallest absolute Gasteiger partial charge is 0.109 e. The molecule has 0 radical (unpaired) electrons. The Bertz CT molecular complexity index is 2610. The monoisotopic (exact) mass is 829 g/mol. The molecule has 1 heterocycles. The quantitative estimate of drug-likeness (QED) is 0.141. The molecule has 0 unspecified atom stereocenters. The maximum Gasteiger partial charge on any atom is 0.109 e. The van der Waals surface area contributed by atoms with Crippen molar-refractivity contribution in [3.63, 3.8) is 0 Å². The van der Waals surface area contributed by atoms with Crippen molar-refractivity contribution in [2.75, 3.05) is 0 Å². The molecule has 1 aliphatic carbocycles. The van der Waals surface area contributed by atoms with Gasteiger partial charge in [-0.3, -0.25) is 0 Å². The molecule has 0 saturated carbocycles. The highest BCUT2D eigenvalue weighted by molar-refractivity contribution is 5.97. The number of rotatable bonds is 9. The summed E-state index contributed by atoms with van der Waals surface area (Å²) in [7, 11) is 0. The van der Waals surface area contributed by atoms with Gasteiger partial charge in [0.25, 0.3) is 0 Å². The molecular formula is C62H68O. The molecule has 0 aliphatic heterocycles. The summed E-state index contributed by atoms with van der Waals surface area (Å²) in [6.07, 6.45) is 11.5. The van der Waals surface area contributed by atoms with Crippen LogP contribution in [0.3, 0.4) is 0 Å². The van der Waals surface area contributed by atoms with Crippen molar-refractivity contribution >= 4 is 23.8 Å². The summed E-state index contributed by atoms with van der Waals surface area (Å²) in [5, 5.41) is 0. The Morgan fingerprint density at radius 3 is 1.67 bits per heavy atom. The second kappa shape index (κ2) is 22.1. The van der Waals surface area contributed by atoms with Crippen LogP contribution in [0.15, 0.2) is 169 Å². The van der Waals surface area contributed by atoms with E-state index in [1.807, 2.05) is 46.8 Å². The van der Waals surface area contributed by atoms with Crippen LogP contribution < -0.4 is 0 Å². The molecule has 0 spiro atoms. The first kappa shape index (κ1) is 47.6. The lowest BCUT2D eigenvalue weighted by Crippen LogP contribution is -2.28. The van der Waals surface area contributed by atoms with Gasteiger partial charge in [-0.1, -0.05) is 223 Å². The van der Waals surface area contributed by atoms with Crippen LogP contribution in [0.4, 0.5) is 0 Å². The molecule has 1 aliphatic rings. The lowest BCUT2D eigenvalue weighted by molar-refractivity contribution is 0.503. The standard InChI is InChI=1S/C36H28.C14H20O.C10H14.C2H6/c1-4-29-30(5-2)35-31-22-21-25(3)23-33(31)36(27-17-11-7-12-18-27,28-19-13-8-14-20-28)34(35)24-32(29)26-15-9-6-10-16-26;1-6-8-10(3)14-12(5)15-11(4)13(14)9-7-2;1-8(2)10-6-4-9(3)5-7-10;1-2/h4-24H,1-2H2,3H3;7-9H,6H2,1-5H3;4-8H,1-3H3;1-2H3/b;9-7-,10-8-;;. The van der Waals surface area contributed by atoms with Crippen molar-refractivity contribution in [1.82, 2.24) is 0 Å². The lowest BCUT2D eigenvalue weighted by atomic mass is 9.67. The van der Waals surface area contributed by atoms with Crippen molar-refractivity contribution in [1.29, 1.82) is 0 Å². The second-order valence-electron chi connectivity index (χ2n) is 16.3. The average Bonchev–Trinajstić information content (AvgIpc) is 3.76. The van der Waals surface area contributed by atoms with E-state index in [4.69, 9.17) is 4.42 Å². The zero-order chi connectivity index (χ0) is 45.7. The molecule has 322 valence electrons. The summed E-state index contributed by atoms with van der Waals surface area (Å²) >= 11 is 0. The number of allylic oxidation sites excluding steroid dienone is 3. The Labute approximate surface area is 380 Å². The maximum atomic E-state index is 5.67. The fourth-order valence-electron chi connectivity index (χ4n) is 9.01. The van der Waals surface area contributed by atoms with Crippen molar-refractivity contribution in [2.24, 2.45) is 0 Å². The van der Waals surface area contributed by atoms with Gasteiger partial charge in [0.1, 0.15) is 11.5 Å². The Hall–Kier alpha value is -6.44. The molecule has 0 amide bonds. The average molecular weight is 829 g/mol. The number of furan rings is 1. The van der Waals surface area contributed by atoms with Gasteiger partial charge in [0.15, 0.2) is 0 Å². The summed E-state index contributed by atoms with van der Waals surface area (Å²) in [5.74, 6) is 2.67. The van der Waals surface area contributed by atoms with Crippen molar-refractivity contribution < 1.29 is 4.42 Å². The van der Waals surface area contributed by atoms with E-state index in [1.54, 1.807) is 0 Å². The highest BCUT2D eigenvalue weighted by Crippen LogP contribution is 2.59. The third kappa shape index (κ3) is 9.95. The number of hydrogen-bond donors (Lipinski definition) is 0. The van der Waals surface area contributed by atoms with Crippen molar-refractivity contribution in [2.45, 2.75) is 93.9 Å². The predicted molar refractivity (Wildman–Crippen MR) is 278 cm³/mol. The lowest BCUT2D eigenvalue weighted by Gasteiger charge is -2.34. The topological polar surface area (TPSA) is 13.1 Å². The van der Waals surface area contributed by atoms with Crippen molar-refractivity contribution in [3.8, 4) is 22.3 Å². The van der Waals surface area contributed by atoms with Crippen LogP contribution in [0, 0.1) is 27.7 Å². The van der Waals surface area contributed by atoms with Gasteiger partial charge in [0.05, 0.1) is 5.41 Å². The van der Waals surface area contributed by atoms with Crippen LogP contribution in [0.25, 0.3) is 46.1 Å². The number of benzene rings is 6. The highest BCUT2D eigenvalue weighted by Gasteiger charge is 2.47. The highest BCUT2D eigenvalue weighted by atomic mass is 16.3. The summed E-state index contributed by atoms with van der Waals surface area (Å²) in [6, 6.07) is 50.5. The van der Waals surface area contributed by atoms with E-state index in [1.165, 1.54) is 77.9 Å². The van der Waals surface area contributed by atoms with E-state index < -0.39 is 5.41 Å². The molecule has 6 aromatic carbocycles. The van der Waals surface area contributed by atoms with Gasteiger partial charge >= 0.3 is 0 Å². The van der Waals surface area contributed by atoms with Crippen LogP contribution in [-0.2, 0) is 5.41 Å². The maximum absolute atomic E-state index is 5.67. The fraction of sp³-hybridized carbons (Fsp3) is 0.226. The number of fused-ring (bicyclic) bond motifs is 3. The third-order valence-corrected chi connectivity index (χ3v) is 11.9. The number of aryl methyl sites for hydroxylation is 4. The molecule has 0 bridgehead atoms. The van der Waals surface area contributed by atoms with Crippen LogP contribution in [-0.4, -0.2) is 0 Å². The van der Waals surface area contributed by atoms with Gasteiger partial charge in [0.2, 0.25) is 0 Å². The number of hydrogen-bond acceptors (Lipinski definition) is 1. The molecule has 1 aromatic heterocycles. The summed E-state index contributed by atoms with van der Waals surface area (Å²) < 4.78 is 5.67. The largest absolute Gasteiger partial charge is 0.465 e. The van der Waals surface area contributed by atoms with Gasteiger partial charge in [0, 0.05) is 11.1 Å². The molecule has 0 N–H and O–H groups in total. The van der Waals surface area contributed by atoms with Crippen molar-refractivity contribution in [3.05, 3.63) is 238 Å². The third-order valence-electron chi connectivity index (χ3n) is 11.9. The van der Waals surface area contributed by atoms with Gasteiger partial charge in [-0.25, -0.2) is 0 Å². The molecule has 0 atom stereocenters. The van der Waals surface area contributed by atoms with E-state index in [-0.39, 0.29) is 0 Å². The summed E-state index contributed by atoms with van der Waals surface area (Å²) in [5.41, 5.74) is 19.6. The summed E-state index contributed by atoms with van der Waals surface area (Å²) in [6.45, 7) is 31.6. The first-order chi connectivity index (χ1) is 30.5. The molecule has 0 saturated heterocycles. The van der Waals surface area contributed by atoms with E-state index in [0.717, 1.165) is 29.1 Å².